The first kappa shape index (κ1) is 29.3. The van der Waals surface area contributed by atoms with Gasteiger partial charge in [0.2, 0.25) is 5.88 Å². The van der Waals surface area contributed by atoms with Crippen LogP contribution in [0, 0.1) is 17.7 Å². The van der Waals surface area contributed by atoms with Crippen molar-refractivity contribution in [1.82, 2.24) is 14.7 Å². The maximum Gasteiger partial charge on any atom is 0.281 e. The Morgan fingerprint density at radius 1 is 1.18 bits per heavy atom. The molecule has 1 atom stereocenters. The molecular formula is C29H35FN4O5S. The SMILES string of the molecule is COc1cccc(S(=O)(=O)NC(=O)c2ccc(-c3cc(F)cc(OCC(C)C)c3)nc2N2CCC(C)C2(C)C)n1. The second kappa shape index (κ2) is 11.4. The third kappa shape index (κ3) is 6.19. The van der Waals surface area contributed by atoms with Crippen LogP contribution in [0.3, 0.4) is 0 Å². The van der Waals surface area contributed by atoms with Gasteiger partial charge < -0.3 is 14.4 Å². The molecule has 3 aromatic rings. The van der Waals surface area contributed by atoms with Crippen molar-refractivity contribution >= 4 is 21.7 Å². The Hall–Kier alpha value is -3.73. The molecule has 1 fully saturated rings. The number of methoxy groups -OCH3 is 1. The van der Waals surface area contributed by atoms with Gasteiger partial charge in [0.15, 0.2) is 5.03 Å². The van der Waals surface area contributed by atoms with Gasteiger partial charge in [-0.15, -0.1) is 0 Å². The molecule has 1 saturated heterocycles. The van der Waals surface area contributed by atoms with E-state index in [4.69, 9.17) is 14.5 Å². The van der Waals surface area contributed by atoms with Crippen LogP contribution in [0.4, 0.5) is 10.2 Å². The molecule has 1 N–H and O–H groups in total. The highest BCUT2D eigenvalue weighted by molar-refractivity contribution is 7.90. The van der Waals surface area contributed by atoms with Gasteiger partial charge in [0.1, 0.15) is 17.4 Å². The Labute approximate surface area is 234 Å². The van der Waals surface area contributed by atoms with E-state index in [0.717, 1.165) is 6.42 Å². The number of carbonyl (C=O) groups is 1. The van der Waals surface area contributed by atoms with E-state index in [9.17, 15) is 17.6 Å². The van der Waals surface area contributed by atoms with Crippen molar-refractivity contribution in [2.45, 2.75) is 51.6 Å². The van der Waals surface area contributed by atoms with Crippen LogP contribution in [0.5, 0.6) is 11.6 Å². The summed E-state index contributed by atoms with van der Waals surface area (Å²) in [6.45, 7) is 11.3. The summed E-state index contributed by atoms with van der Waals surface area (Å²) in [7, 11) is -2.94. The molecule has 0 bridgehead atoms. The third-order valence-corrected chi connectivity index (χ3v) is 8.45. The number of hydrogen-bond acceptors (Lipinski definition) is 8. The topological polar surface area (TPSA) is 111 Å². The average Bonchev–Trinajstić information content (AvgIpc) is 3.18. The van der Waals surface area contributed by atoms with Crippen molar-refractivity contribution in [2.24, 2.45) is 11.8 Å². The molecule has 1 aliphatic rings. The van der Waals surface area contributed by atoms with Crippen molar-refractivity contribution < 1.29 is 27.1 Å². The van der Waals surface area contributed by atoms with E-state index in [1.54, 1.807) is 12.1 Å². The Balaban J connectivity index is 1.76. The lowest BCUT2D eigenvalue weighted by Crippen LogP contribution is -2.43. The molecule has 1 unspecified atom stereocenters. The van der Waals surface area contributed by atoms with Crippen molar-refractivity contribution in [2.75, 3.05) is 25.2 Å². The van der Waals surface area contributed by atoms with Gasteiger partial charge in [0.05, 0.1) is 25.0 Å². The van der Waals surface area contributed by atoms with E-state index in [1.807, 2.05) is 18.7 Å². The molecule has 1 aliphatic heterocycles. The summed E-state index contributed by atoms with van der Waals surface area (Å²) < 4.78 is 53.5. The number of nitrogens with one attached hydrogen (secondary N) is 1. The molecule has 214 valence electrons. The van der Waals surface area contributed by atoms with E-state index >= 15 is 0 Å². The van der Waals surface area contributed by atoms with Crippen LogP contribution in [0.2, 0.25) is 0 Å². The molecule has 9 nitrogen and oxygen atoms in total. The zero-order valence-electron chi connectivity index (χ0n) is 23.6. The summed E-state index contributed by atoms with van der Waals surface area (Å²) >= 11 is 0. The first-order chi connectivity index (χ1) is 18.8. The molecule has 3 heterocycles. The average molecular weight is 571 g/mol. The number of pyridine rings is 2. The standard InChI is InChI=1S/C29H35FN4O5S/c1-18(2)17-39-22-15-20(14-21(30)16-22)24-11-10-23(27(31-24)34-13-12-19(3)29(34,4)5)28(35)33-40(36,37)26-9-7-8-25(32-26)38-6/h7-11,14-16,18-19H,12-13,17H2,1-6H3,(H,33,35). The summed E-state index contributed by atoms with van der Waals surface area (Å²) in [5.74, 6) is -0.00173. The quantitative estimate of drug-likeness (QED) is 0.380. The Morgan fingerprint density at radius 2 is 1.93 bits per heavy atom. The van der Waals surface area contributed by atoms with Gasteiger partial charge in [0.25, 0.3) is 15.9 Å². The van der Waals surface area contributed by atoms with Crippen LogP contribution in [0.25, 0.3) is 11.3 Å². The fourth-order valence-corrected chi connectivity index (χ4v) is 5.47. The van der Waals surface area contributed by atoms with E-state index in [-0.39, 0.29) is 33.8 Å². The highest BCUT2D eigenvalue weighted by Crippen LogP contribution is 2.39. The zero-order chi connectivity index (χ0) is 29.2. The molecular weight excluding hydrogens is 535 g/mol. The smallest absolute Gasteiger partial charge is 0.281 e. The largest absolute Gasteiger partial charge is 0.493 e. The minimum absolute atomic E-state index is 0.0741. The fourth-order valence-electron chi connectivity index (χ4n) is 4.55. The molecule has 0 aliphatic carbocycles. The normalized spacial score (nSPS) is 16.7. The van der Waals surface area contributed by atoms with Gasteiger partial charge in [-0.1, -0.05) is 26.8 Å². The molecule has 2 aromatic heterocycles. The molecule has 1 amide bonds. The van der Waals surface area contributed by atoms with Gasteiger partial charge in [-0.2, -0.15) is 13.4 Å². The van der Waals surface area contributed by atoms with Crippen molar-refractivity contribution in [3.05, 3.63) is 59.9 Å². The first-order valence-corrected chi connectivity index (χ1v) is 14.6. The Morgan fingerprint density at radius 3 is 2.58 bits per heavy atom. The van der Waals surface area contributed by atoms with Crippen LogP contribution in [-0.4, -0.2) is 50.1 Å². The molecule has 0 radical (unpaired) electrons. The summed E-state index contributed by atoms with van der Waals surface area (Å²) in [6, 6.07) is 11.7. The first-order valence-electron chi connectivity index (χ1n) is 13.1. The Kier molecular flexibility index (Phi) is 8.34. The monoisotopic (exact) mass is 570 g/mol. The molecule has 0 spiro atoms. The number of nitrogens with zero attached hydrogens (tertiary/aromatic N) is 3. The molecule has 40 heavy (non-hydrogen) atoms. The van der Waals surface area contributed by atoms with Crippen LogP contribution in [0.15, 0.2) is 53.6 Å². The van der Waals surface area contributed by atoms with Crippen LogP contribution >= 0.6 is 0 Å². The summed E-state index contributed by atoms with van der Waals surface area (Å²) in [5.41, 5.74) is 0.602. The van der Waals surface area contributed by atoms with E-state index < -0.39 is 21.7 Å². The molecule has 11 heteroatoms. The number of sulfonamides is 1. The number of anilines is 1. The number of hydrogen-bond donors (Lipinski definition) is 1. The fraction of sp³-hybridized carbons (Fsp3) is 0.414. The number of carbonyl (C=O) groups excluding carboxylic acids is 1. The minimum atomic E-state index is -4.31. The number of benzene rings is 1. The lowest BCUT2D eigenvalue weighted by Gasteiger charge is -2.36. The van der Waals surface area contributed by atoms with Gasteiger partial charge in [-0.3, -0.25) is 4.79 Å². The van der Waals surface area contributed by atoms with E-state index in [0.29, 0.717) is 36.0 Å². The maximum absolute atomic E-state index is 14.6. The Bertz CT molecular complexity index is 1510. The lowest BCUT2D eigenvalue weighted by atomic mass is 9.90. The van der Waals surface area contributed by atoms with Gasteiger partial charge in [-0.05, 0) is 62.4 Å². The zero-order valence-corrected chi connectivity index (χ0v) is 24.4. The van der Waals surface area contributed by atoms with Crippen molar-refractivity contribution in [3.63, 3.8) is 0 Å². The van der Waals surface area contributed by atoms with Crippen molar-refractivity contribution in [3.8, 4) is 22.9 Å². The van der Waals surface area contributed by atoms with Gasteiger partial charge in [0, 0.05) is 29.8 Å². The van der Waals surface area contributed by atoms with Crippen molar-refractivity contribution in [1.29, 1.82) is 0 Å². The summed E-state index contributed by atoms with van der Waals surface area (Å²) in [4.78, 5) is 24.2. The number of amides is 1. The number of ether oxygens (including phenoxy) is 2. The lowest BCUT2D eigenvalue weighted by molar-refractivity contribution is 0.0981. The summed E-state index contributed by atoms with van der Waals surface area (Å²) in [6.07, 6.45) is 0.860. The molecule has 4 rings (SSSR count). The number of rotatable bonds is 9. The molecule has 0 saturated carbocycles. The molecule has 1 aromatic carbocycles. The van der Waals surface area contributed by atoms with Crippen LogP contribution < -0.4 is 19.1 Å². The second-order valence-corrected chi connectivity index (χ2v) is 12.5. The third-order valence-electron chi connectivity index (χ3n) is 7.22. The predicted molar refractivity (Wildman–Crippen MR) is 151 cm³/mol. The van der Waals surface area contributed by atoms with E-state index in [1.165, 1.54) is 43.5 Å². The van der Waals surface area contributed by atoms with Crippen LogP contribution in [-0.2, 0) is 10.0 Å². The predicted octanol–water partition coefficient (Wildman–Crippen LogP) is 5.07. The van der Waals surface area contributed by atoms with E-state index in [2.05, 4.69) is 30.5 Å². The second-order valence-electron chi connectivity index (χ2n) is 10.9. The summed E-state index contributed by atoms with van der Waals surface area (Å²) in [5, 5.41) is -0.352. The maximum atomic E-state index is 14.6. The van der Waals surface area contributed by atoms with Crippen LogP contribution in [0.1, 0.15) is 51.4 Å². The minimum Gasteiger partial charge on any atom is -0.493 e. The number of aromatic nitrogens is 2. The highest BCUT2D eigenvalue weighted by atomic mass is 32.2. The highest BCUT2D eigenvalue weighted by Gasteiger charge is 2.41. The van der Waals surface area contributed by atoms with Gasteiger partial charge in [-0.25, -0.2) is 14.1 Å². The van der Waals surface area contributed by atoms with Gasteiger partial charge >= 0.3 is 0 Å². The number of halogens is 1.